The van der Waals surface area contributed by atoms with Gasteiger partial charge >= 0.3 is 0 Å². The smallest absolute Gasteiger partial charge is 0.251 e. The molecule has 0 radical (unpaired) electrons. The van der Waals surface area contributed by atoms with Crippen LogP contribution in [-0.2, 0) is 12.8 Å². The van der Waals surface area contributed by atoms with Crippen molar-refractivity contribution in [1.29, 1.82) is 0 Å². The molecule has 2 aromatic rings. The van der Waals surface area contributed by atoms with Crippen molar-refractivity contribution in [3.05, 3.63) is 63.1 Å². The van der Waals surface area contributed by atoms with Crippen LogP contribution >= 0.6 is 15.9 Å². The molecule has 0 aromatic heterocycles. The molecule has 25 heavy (non-hydrogen) atoms. The van der Waals surface area contributed by atoms with Gasteiger partial charge in [0.25, 0.3) is 5.91 Å². The Morgan fingerprint density at radius 2 is 1.96 bits per heavy atom. The Morgan fingerprint density at radius 3 is 2.68 bits per heavy atom. The minimum atomic E-state index is -0.0252. The zero-order valence-corrected chi connectivity index (χ0v) is 16.4. The quantitative estimate of drug-likeness (QED) is 0.660. The Labute approximate surface area is 157 Å². The maximum atomic E-state index is 12.6. The molecular weight excluding hydrogens is 380 g/mol. The average Bonchev–Trinajstić information content (AvgIpc) is 2.60. The first-order valence-corrected chi connectivity index (χ1v) is 9.25. The predicted molar refractivity (Wildman–Crippen MR) is 105 cm³/mol. The van der Waals surface area contributed by atoms with E-state index in [1.165, 1.54) is 0 Å². The number of ether oxygens (including phenoxy) is 1. The van der Waals surface area contributed by atoms with Crippen molar-refractivity contribution in [1.82, 2.24) is 5.32 Å². The summed E-state index contributed by atoms with van der Waals surface area (Å²) in [5.74, 6) is 0.840. The normalized spacial score (nSPS) is 10.6. The van der Waals surface area contributed by atoms with Gasteiger partial charge in [0, 0.05) is 16.6 Å². The number of nitrogens with one attached hydrogen (secondary N) is 1. The minimum Gasteiger partial charge on any atom is -0.496 e. The highest BCUT2D eigenvalue weighted by Crippen LogP contribution is 2.25. The maximum absolute atomic E-state index is 12.6. The van der Waals surface area contributed by atoms with Crippen molar-refractivity contribution < 1.29 is 9.53 Å². The molecule has 0 aliphatic carbocycles. The summed E-state index contributed by atoms with van der Waals surface area (Å²) in [6.07, 6.45) is 2.35. The molecule has 0 saturated carbocycles. The number of amides is 1. The number of rotatable bonds is 8. The van der Waals surface area contributed by atoms with Gasteiger partial charge in [-0.2, -0.15) is 0 Å². The van der Waals surface area contributed by atoms with E-state index in [0.29, 0.717) is 13.1 Å². The lowest BCUT2D eigenvalue weighted by molar-refractivity contribution is 0.0952. The number of carbonyl (C=O) groups is 1. The number of nitrogens with two attached hydrogens (primary N) is 1. The lowest BCUT2D eigenvalue weighted by Crippen LogP contribution is -2.27. The Balaban J connectivity index is 2.18. The fourth-order valence-electron chi connectivity index (χ4n) is 2.87. The summed E-state index contributed by atoms with van der Waals surface area (Å²) in [6, 6.07) is 12.0. The van der Waals surface area contributed by atoms with Crippen molar-refractivity contribution in [3.63, 3.8) is 0 Å². The number of aryl methyl sites for hydroxylation is 3. The first kappa shape index (κ1) is 19.5. The van der Waals surface area contributed by atoms with Crippen LogP contribution < -0.4 is 15.8 Å². The second-order valence-electron chi connectivity index (χ2n) is 5.96. The van der Waals surface area contributed by atoms with Gasteiger partial charge in [0.05, 0.1) is 7.11 Å². The van der Waals surface area contributed by atoms with Crippen molar-refractivity contribution in [2.45, 2.75) is 26.2 Å². The molecule has 0 unspecified atom stereocenters. The van der Waals surface area contributed by atoms with E-state index < -0.39 is 0 Å². The molecule has 2 aromatic carbocycles. The van der Waals surface area contributed by atoms with Crippen molar-refractivity contribution in [3.8, 4) is 5.75 Å². The molecule has 0 aliphatic heterocycles. The van der Waals surface area contributed by atoms with Crippen LogP contribution in [0.3, 0.4) is 0 Å². The molecular formula is C20H25BrN2O2. The molecule has 5 heteroatoms. The molecule has 0 bridgehead atoms. The van der Waals surface area contributed by atoms with E-state index in [4.69, 9.17) is 10.5 Å². The fraction of sp³-hybridized carbons (Fsp3) is 0.350. The topological polar surface area (TPSA) is 64.3 Å². The zero-order valence-electron chi connectivity index (χ0n) is 14.8. The van der Waals surface area contributed by atoms with E-state index in [1.807, 2.05) is 37.3 Å². The van der Waals surface area contributed by atoms with Crippen LogP contribution in [0.1, 0.15) is 33.5 Å². The summed E-state index contributed by atoms with van der Waals surface area (Å²) >= 11 is 3.51. The lowest BCUT2D eigenvalue weighted by Gasteiger charge is -2.14. The second-order valence-corrected chi connectivity index (χ2v) is 6.88. The highest BCUT2D eigenvalue weighted by molar-refractivity contribution is 9.10. The number of hydrogen-bond donors (Lipinski definition) is 2. The van der Waals surface area contributed by atoms with Crippen LogP contribution in [-0.4, -0.2) is 26.1 Å². The average molecular weight is 405 g/mol. The van der Waals surface area contributed by atoms with E-state index in [9.17, 15) is 4.79 Å². The largest absolute Gasteiger partial charge is 0.496 e. The summed E-state index contributed by atoms with van der Waals surface area (Å²) in [4.78, 5) is 12.6. The van der Waals surface area contributed by atoms with Crippen molar-refractivity contribution >= 4 is 21.8 Å². The molecule has 1 amide bonds. The van der Waals surface area contributed by atoms with Crippen LogP contribution in [0.2, 0.25) is 0 Å². The molecule has 0 fully saturated rings. The molecule has 0 spiro atoms. The third-order valence-corrected chi connectivity index (χ3v) is 4.65. The SMILES string of the molecule is COc1ccc(Br)cc1CCc1cccc(C)c1C(=O)NCCCN. The molecule has 0 heterocycles. The number of hydrogen-bond acceptors (Lipinski definition) is 3. The van der Waals surface area contributed by atoms with E-state index in [0.717, 1.165) is 51.7 Å². The van der Waals surface area contributed by atoms with Gasteiger partial charge < -0.3 is 15.8 Å². The Bertz CT molecular complexity index is 732. The Hall–Kier alpha value is -1.85. The van der Waals surface area contributed by atoms with E-state index in [-0.39, 0.29) is 5.91 Å². The molecule has 3 N–H and O–H groups in total. The van der Waals surface area contributed by atoms with Gasteiger partial charge in [-0.25, -0.2) is 0 Å². The number of carbonyl (C=O) groups excluding carboxylic acids is 1. The summed E-state index contributed by atoms with van der Waals surface area (Å²) in [7, 11) is 1.68. The summed E-state index contributed by atoms with van der Waals surface area (Å²) < 4.78 is 6.46. The zero-order chi connectivity index (χ0) is 18.2. The Kier molecular flexibility index (Phi) is 7.47. The van der Waals surface area contributed by atoms with E-state index >= 15 is 0 Å². The molecule has 0 atom stereocenters. The van der Waals surface area contributed by atoms with Gasteiger partial charge in [0.2, 0.25) is 0 Å². The van der Waals surface area contributed by atoms with Gasteiger partial charge in [-0.1, -0.05) is 34.1 Å². The first-order valence-electron chi connectivity index (χ1n) is 8.46. The minimum absolute atomic E-state index is 0.0252. The second kappa shape index (κ2) is 9.59. The molecule has 0 aliphatic rings. The highest BCUT2D eigenvalue weighted by Gasteiger charge is 2.14. The monoisotopic (exact) mass is 404 g/mol. The van der Waals surface area contributed by atoms with Gasteiger partial charge in [0.15, 0.2) is 0 Å². The molecule has 2 rings (SSSR count). The van der Waals surface area contributed by atoms with Gasteiger partial charge in [-0.3, -0.25) is 4.79 Å². The lowest BCUT2D eigenvalue weighted by atomic mass is 9.95. The number of halogens is 1. The Morgan fingerprint density at radius 1 is 1.20 bits per heavy atom. The van der Waals surface area contributed by atoms with Crippen LogP contribution in [0.25, 0.3) is 0 Å². The predicted octanol–water partition coefficient (Wildman–Crippen LogP) is 3.63. The van der Waals surface area contributed by atoms with Crippen molar-refractivity contribution in [2.75, 3.05) is 20.2 Å². The summed E-state index contributed by atoms with van der Waals surface area (Å²) in [6.45, 7) is 3.15. The third-order valence-electron chi connectivity index (χ3n) is 4.16. The van der Waals surface area contributed by atoms with Crippen molar-refractivity contribution in [2.24, 2.45) is 5.73 Å². The molecule has 134 valence electrons. The van der Waals surface area contributed by atoms with E-state index in [2.05, 4.69) is 27.3 Å². The maximum Gasteiger partial charge on any atom is 0.251 e. The summed E-state index contributed by atoms with van der Waals surface area (Å²) in [5, 5.41) is 2.96. The van der Waals surface area contributed by atoms with E-state index in [1.54, 1.807) is 7.11 Å². The van der Waals surface area contributed by atoms with Gasteiger partial charge in [-0.15, -0.1) is 0 Å². The van der Waals surface area contributed by atoms with Gasteiger partial charge in [-0.05, 0) is 67.6 Å². The fourth-order valence-corrected chi connectivity index (χ4v) is 3.27. The number of benzene rings is 2. The number of methoxy groups -OCH3 is 1. The van der Waals surface area contributed by atoms with Crippen LogP contribution in [0.4, 0.5) is 0 Å². The standard InChI is InChI=1S/C20H25BrN2O2/c1-14-5-3-6-15(19(14)20(24)23-12-4-11-22)7-8-16-13-17(21)9-10-18(16)25-2/h3,5-6,9-10,13H,4,7-8,11-12,22H2,1-2H3,(H,23,24). The molecule has 0 saturated heterocycles. The molecule has 4 nitrogen and oxygen atoms in total. The van der Waals surface area contributed by atoms with Crippen LogP contribution in [0.15, 0.2) is 40.9 Å². The summed E-state index contributed by atoms with van der Waals surface area (Å²) in [5.41, 5.74) is 9.43. The first-order chi connectivity index (χ1) is 12.1. The van der Waals surface area contributed by atoms with Gasteiger partial charge in [0.1, 0.15) is 5.75 Å². The van der Waals surface area contributed by atoms with Crippen LogP contribution in [0.5, 0.6) is 5.75 Å². The third kappa shape index (κ3) is 5.31. The van der Waals surface area contributed by atoms with Crippen LogP contribution in [0, 0.1) is 6.92 Å². The highest BCUT2D eigenvalue weighted by atomic mass is 79.9.